The Morgan fingerprint density at radius 1 is 0.600 bits per heavy atom. The molecule has 0 radical (unpaired) electrons. The predicted octanol–water partition coefficient (Wildman–Crippen LogP) is 0.200. The van der Waals surface area contributed by atoms with Gasteiger partial charge in [0, 0.05) is 0 Å². The summed E-state index contributed by atoms with van der Waals surface area (Å²) in [7, 11) is -7.36. The fourth-order valence-electron chi connectivity index (χ4n) is 3.19. The Morgan fingerprint density at radius 3 is 1.27 bits per heavy atom. The third kappa shape index (κ3) is 6.14. The number of nitrogens with one attached hydrogen (secondary N) is 2. The molecule has 0 aliphatic carbocycles. The van der Waals surface area contributed by atoms with Crippen LogP contribution in [0.4, 0.5) is 0 Å². The van der Waals surface area contributed by atoms with Crippen molar-refractivity contribution in [1.82, 2.24) is 10.6 Å². The zero-order valence-corrected chi connectivity index (χ0v) is 17.7. The number of hydrogen-bond donors (Lipinski definition) is 2. The molecule has 0 bridgehead atoms. The molecular formula is C20H22N2O6S2. The van der Waals surface area contributed by atoms with Gasteiger partial charge in [0.25, 0.3) is 0 Å². The van der Waals surface area contributed by atoms with Crippen LogP contribution in [0, 0.1) is 0 Å². The van der Waals surface area contributed by atoms with Gasteiger partial charge in [-0.25, -0.2) is 16.8 Å². The molecule has 0 aromatic heterocycles. The fraction of sp³-hybridized carbons (Fsp3) is 0.300. The minimum atomic E-state index is -3.68. The maximum atomic E-state index is 12.4. The lowest BCUT2D eigenvalue weighted by atomic mass is 10.2. The Morgan fingerprint density at radius 2 is 0.933 bits per heavy atom. The largest absolute Gasteiger partial charge is 0.342 e. The predicted molar refractivity (Wildman–Crippen MR) is 112 cm³/mol. The van der Waals surface area contributed by atoms with Crippen LogP contribution in [0.25, 0.3) is 0 Å². The molecule has 10 heteroatoms. The minimum absolute atomic E-state index is 0.262. The third-order valence-corrected chi connectivity index (χ3v) is 7.79. The number of carbonyl (C=O) groups is 2. The number of benzene rings is 2. The molecule has 2 aromatic carbocycles. The van der Waals surface area contributed by atoms with Gasteiger partial charge in [0.05, 0.1) is 23.0 Å². The van der Waals surface area contributed by atoms with Gasteiger partial charge in [0.15, 0.2) is 19.7 Å². The zero-order chi connectivity index (χ0) is 21.8. The molecule has 1 aliphatic heterocycles. The Balaban J connectivity index is 1.61. The van der Waals surface area contributed by atoms with Crippen molar-refractivity contribution in [3.8, 4) is 0 Å². The number of piperazine rings is 1. The molecule has 2 aromatic rings. The van der Waals surface area contributed by atoms with Crippen molar-refractivity contribution in [1.29, 1.82) is 0 Å². The Hall–Kier alpha value is -2.72. The van der Waals surface area contributed by atoms with Gasteiger partial charge in [0.2, 0.25) is 11.8 Å². The fourth-order valence-corrected chi connectivity index (χ4v) is 6.31. The Kier molecular flexibility index (Phi) is 6.57. The highest BCUT2D eigenvalue weighted by atomic mass is 32.2. The third-order valence-electron chi connectivity index (χ3n) is 4.57. The molecule has 30 heavy (non-hydrogen) atoms. The zero-order valence-electron chi connectivity index (χ0n) is 16.0. The lowest BCUT2D eigenvalue weighted by molar-refractivity contribution is -0.135. The first-order valence-corrected chi connectivity index (χ1v) is 12.9. The van der Waals surface area contributed by atoms with Gasteiger partial charge >= 0.3 is 0 Å². The van der Waals surface area contributed by atoms with Gasteiger partial charge in [-0.05, 0) is 11.1 Å². The SMILES string of the molecule is O=C1NC(CS(=O)(=O)Cc2ccccc2)C(=O)NC1CS(=O)(=O)Cc1ccccc1. The second kappa shape index (κ2) is 8.97. The summed E-state index contributed by atoms with van der Waals surface area (Å²) in [5.74, 6) is -3.09. The molecule has 1 saturated heterocycles. The summed E-state index contributed by atoms with van der Waals surface area (Å²) < 4.78 is 49.6. The molecule has 2 amide bonds. The van der Waals surface area contributed by atoms with Crippen molar-refractivity contribution in [3.63, 3.8) is 0 Å². The van der Waals surface area contributed by atoms with Crippen LogP contribution in [0.15, 0.2) is 60.7 Å². The van der Waals surface area contributed by atoms with Crippen molar-refractivity contribution >= 4 is 31.5 Å². The Labute approximate surface area is 175 Å². The second-order valence-electron chi connectivity index (χ2n) is 7.20. The van der Waals surface area contributed by atoms with E-state index in [-0.39, 0.29) is 11.5 Å². The first-order valence-electron chi connectivity index (χ1n) is 9.23. The molecule has 2 N–H and O–H groups in total. The van der Waals surface area contributed by atoms with Crippen molar-refractivity contribution in [2.45, 2.75) is 23.6 Å². The average molecular weight is 451 g/mol. The van der Waals surface area contributed by atoms with Crippen LogP contribution in [0.1, 0.15) is 11.1 Å². The van der Waals surface area contributed by atoms with Crippen LogP contribution in [-0.4, -0.2) is 52.2 Å². The van der Waals surface area contributed by atoms with Gasteiger partial charge < -0.3 is 10.6 Å². The van der Waals surface area contributed by atoms with Gasteiger partial charge in [-0.3, -0.25) is 9.59 Å². The number of rotatable bonds is 8. The van der Waals surface area contributed by atoms with E-state index in [2.05, 4.69) is 10.6 Å². The monoisotopic (exact) mass is 450 g/mol. The summed E-state index contributed by atoms with van der Waals surface area (Å²) >= 11 is 0. The van der Waals surface area contributed by atoms with E-state index in [0.29, 0.717) is 11.1 Å². The number of hydrogen-bond acceptors (Lipinski definition) is 6. The average Bonchev–Trinajstić information content (AvgIpc) is 2.66. The van der Waals surface area contributed by atoms with E-state index >= 15 is 0 Å². The topological polar surface area (TPSA) is 126 Å². The van der Waals surface area contributed by atoms with Crippen molar-refractivity contribution in [2.24, 2.45) is 0 Å². The number of amides is 2. The van der Waals surface area contributed by atoms with Crippen molar-refractivity contribution in [3.05, 3.63) is 71.8 Å². The van der Waals surface area contributed by atoms with Crippen LogP contribution in [0.2, 0.25) is 0 Å². The highest BCUT2D eigenvalue weighted by molar-refractivity contribution is 7.91. The number of carbonyl (C=O) groups excluding carboxylic acids is 2. The molecule has 1 fully saturated rings. The van der Waals surface area contributed by atoms with E-state index < -0.39 is 55.1 Å². The molecule has 1 heterocycles. The van der Waals surface area contributed by atoms with Crippen LogP contribution in [0.3, 0.4) is 0 Å². The van der Waals surface area contributed by atoms with Crippen LogP contribution >= 0.6 is 0 Å². The van der Waals surface area contributed by atoms with Gasteiger partial charge in [-0.1, -0.05) is 60.7 Å². The van der Waals surface area contributed by atoms with Gasteiger partial charge in [-0.2, -0.15) is 0 Å². The van der Waals surface area contributed by atoms with Crippen molar-refractivity contribution < 1.29 is 26.4 Å². The summed E-state index contributed by atoms with van der Waals surface area (Å²) in [5.41, 5.74) is 1.15. The van der Waals surface area contributed by atoms with Crippen LogP contribution in [0.5, 0.6) is 0 Å². The summed E-state index contributed by atoms with van der Waals surface area (Å²) in [6, 6.07) is 14.5. The van der Waals surface area contributed by atoms with Crippen LogP contribution in [-0.2, 0) is 40.8 Å². The minimum Gasteiger partial charge on any atom is -0.342 e. The second-order valence-corrected chi connectivity index (χ2v) is 11.4. The van der Waals surface area contributed by atoms with Gasteiger partial charge in [0.1, 0.15) is 12.1 Å². The Bertz CT molecular complexity index is 1020. The first-order chi connectivity index (χ1) is 14.1. The quantitative estimate of drug-likeness (QED) is 0.592. The first kappa shape index (κ1) is 22.0. The summed E-state index contributed by atoms with van der Waals surface area (Å²) in [6.45, 7) is 0. The lowest BCUT2D eigenvalue weighted by Gasteiger charge is -2.29. The van der Waals surface area contributed by atoms with E-state index in [0.717, 1.165) is 0 Å². The molecule has 3 rings (SSSR count). The molecule has 2 unspecified atom stereocenters. The summed E-state index contributed by atoms with van der Waals surface area (Å²) in [4.78, 5) is 24.7. The van der Waals surface area contributed by atoms with E-state index in [1.807, 2.05) is 0 Å². The van der Waals surface area contributed by atoms with E-state index in [4.69, 9.17) is 0 Å². The molecule has 8 nitrogen and oxygen atoms in total. The normalized spacial score (nSPS) is 19.7. The summed E-state index contributed by atoms with van der Waals surface area (Å²) in [5, 5.41) is 4.70. The van der Waals surface area contributed by atoms with E-state index in [1.54, 1.807) is 60.7 Å². The molecule has 160 valence electrons. The van der Waals surface area contributed by atoms with E-state index in [9.17, 15) is 26.4 Å². The molecule has 0 saturated carbocycles. The van der Waals surface area contributed by atoms with Gasteiger partial charge in [-0.15, -0.1) is 0 Å². The molecule has 1 aliphatic rings. The highest BCUT2D eigenvalue weighted by Gasteiger charge is 2.38. The highest BCUT2D eigenvalue weighted by Crippen LogP contribution is 2.12. The smallest absolute Gasteiger partial charge is 0.244 e. The van der Waals surface area contributed by atoms with E-state index in [1.165, 1.54) is 0 Å². The lowest BCUT2D eigenvalue weighted by Crippen LogP contribution is -2.65. The maximum Gasteiger partial charge on any atom is 0.244 e. The molecule has 2 atom stereocenters. The standard InChI is InChI=1S/C20H22N2O6S2/c23-19-17(13-29(25,26)11-15-7-3-1-4-8-15)21-20(24)18(22-19)14-30(27,28)12-16-9-5-2-6-10-16/h1-10,17-18H,11-14H2,(H,21,24)(H,22,23). The molecule has 0 spiro atoms. The van der Waals surface area contributed by atoms with Crippen molar-refractivity contribution in [2.75, 3.05) is 11.5 Å². The summed E-state index contributed by atoms with van der Waals surface area (Å²) in [6.07, 6.45) is 0. The van der Waals surface area contributed by atoms with Crippen LogP contribution < -0.4 is 10.6 Å². The number of sulfone groups is 2. The maximum absolute atomic E-state index is 12.4. The molecular weight excluding hydrogens is 428 g/mol.